The SMILES string of the molecule is CNc1ccc(S(=O)(=O)Nc2ccc3ncsc3c2)cc1. The third-order valence-electron chi connectivity index (χ3n) is 3.04. The van der Waals surface area contributed by atoms with Crippen molar-refractivity contribution in [3.8, 4) is 0 Å². The molecule has 0 fully saturated rings. The maximum atomic E-state index is 12.3. The molecule has 1 aromatic heterocycles. The zero-order valence-corrected chi connectivity index (χ0v) is 12.8. The van der Waals surface area contributed by atoms with E-state index in [9.17, 15) is 8.42 Å². The van der Waals surface area contributed by atoms with Crippen molar-refractivity contribution in [2.75, 3.05) is 17.1 Å². The minimum Gasteiger partial charge on any atom is -0.388 e. The predicted octanol–water partition coefficient (Wildman–Crippen LogP) is 3.14. The zero-order valence-electron chi connectivity index (χ0n) is 11.2. The van der Waals surface area contributed by atoms with E-state index in [1.807, 2.05) is 0 Å². The zero-order chi connectivity index (χ0) is 14.9. The van der Waals surface area contributed by atoms with Crippen molar-refractivity contribution in [1.82, 2.24) is 4.98 Å². The van der Waals surface area contributed by atoms with E-state index < -0.39 is 10.0 Å². The fourth-order valence-corrected chi connectivity index (χ4v) is 3.70. The molecule has 0 unspecified atom stereocenters. The lowest BCUT2D eigenvalue weighted by Gasteiger charge is -2.08. The second-order valence-corrected chi connectivity index (χ2v) is 6.98. The Morgan fingerprint density at radius 1 is 1.05 bits per heavy atom. The number of fused-ring (bicyclic) bond motifs is 1. The minimum atomic E-state index is -3.58. The molecule has 21 heavy (non-hydrogen) atoms. The predicted molar refractivity (Wildman–Crippen MR) is 86.4 cm³/mol. The highest BCUT2D eigenvalue weighted by atomic mass is 32.2. The number of benzene rings is 2. The molecule has 5 nitrogen and oxygen atoms in total. The van der Waals surface area contributed by atoms with Gasteiger partial charge in [-0.25, -0.2) is 13.4 Å². The third kappa shape index (κ3) is 2.84. The second-order valence-electron chi connectivity index (χ2n) is 4.41. The molecule has 0 aliphatic rings. The van der Waals surface area contributed by atoms with Crippen LogP contribution in [-0.4, -0.2) is 20.4 Å². The van der Waals surface area contributed by atoms with Crippen molar-refractivity contribution in [3.63, 3.8) is 0 Å². The van der Waals surface area contributed by atoms with E-state index in [4.69, 9.17) is 0 Å². The van der Waals surface area contributed by atoms with Crippen molar-refractivity contribution in [2.24, 2.45) is 0 Å². The summed E-state index contributed by atoms with van der Waals surface area (Å²) in [6, 6.07) is 11.9. The summed E-state index contributed by atoms with van der Waals surface area (Å²) >= 11 is 1.47. The number of hydrogen-bond acceptors (Lipinski definition) is 5. The van der Waals surface area contributed by atoms with Gasteiger partial charge in [0, 0.05) is 12.7 Å². The van der Waals surface area contributed by atoms with Gasteiger partial charge in [-0.3, -0.25) is 4.72 Å². The van der Waals surface area contributed by atoms with Crippen molar-refractivity contribution in [3.05, 3.63) is 48.0 Å². The van der Waals surface area contributed by atoms with Crippen LogP contribution in [-0.2, 0) is 10.0 Å². The van der Waals surface area contributed by atoms with Gasteiger partial charge >= 0.3 is 0 Å². The van der Waals surface area contributed by atoms with Crippen LogP contribution in [0.2, 0.25) is 0 Å². The molecule has 0 spiro atoms. The fraction of sp³-hybridized carbons (Fsp3) is 0.0714. The fourth-order valence-electron chi connectivity index (χ4n) is 1.93. The van der Waals surface area contributed by atoms with E-state index in [0.29, 0.717) is 5.69 Å². The molecule has 0 bridgehead atoms. The molecule has 0 radical (unpaired) electrons. The van der Waals surface area contributed by atoms with E-state index in [-0.39, 0.29) is 4.90 Å². The molecule has 7 heteroatoms. The number of thiazole rings is 1. The lowest BCUT2D eigenvalue weighted by atomic mass is 10.3. The molecule has 3 rings (SSSR count). The topological polar surface area (TPSA) is 71.1 Å². The van der Waals surface area contributed by atoms with Crippen LogP contribution in [0.1, 0.15) is 0 Å². The van der Waals surface area contributed by atoms with Gasteiger partial charge in [0.25, 0.3) is 10.0 Å². The van der Waals surface area contributed by atoms with Gasteiger partial charge in [-0.1, -0.05) is 0 Å². The molecule has 3 aromatic rings. The Morgan fingerprint density at radius 3 is 2.48 bits per heavy atom. The van der Waals surface area contributed by atoms with Crippen LogP contribution in [0.5, 0.6) is 0 Å². The quantitative estimate of drug-likeness (QED) is 0.775. The number of rotatable bonds is 4. The maximum absolute atomic E-state index is 12.3. The van der Waals surface area contributed by atoms with Crippen molar-refractivity contribution in [2.45, 2.75) is 4.90 Å². The highest BCUT2D eigenvalue weighted by Crippen LogP contribution is 2.24. The van der Waals surface area contributed by atoms with Crippen molar-refractivity contribution < 1.29 is 8.42 Å². The number of sulfonamides is 1. The molecular formula is C14H13N3O2S2. The van der Waals surface area contributed by atoms with Gasteiger partial charge in [-0.15, -0.1) is 11.3 Å². The Balaban J connectivity index is 1.90. The smallest absolute Gasteiger partial charge is 0.261 e. The van der Waals surface area contributed by atoms with E-state index in [2.05, 4.69) is 15.0 Å². The largest absolute Gasteiger partial charge is 0.388 e. The van der Waals surface area contributed by atoms with E-state index in [1.54, 1.807) is 55.0 Å². The number of anilines is 2. The average Bonchev–Trinajstić information content (AvgIpc) is 2.94. The summed E-state index contributed by atoms with van der Waals surface area (Å²) in [6.07, 6.45) is 0. The molecule has 0 saturated heterocycles. The van der Waals surface area contributed by atoms with Gasteiger partial charge in [-0.05, 0) is 42.5 Å². The summed E-state index contributed by atoms with van der Waals surface area (Å²) in [5, 5.41) is 2.95. The number of aromatic nitrogens is 1. The van der Waals surface area contributed by atoms with Crippen LogP contribution >= 0.6 is 11.3 Å². The standard InChI is InChI=1S/C14H13N3O2S2/c1-15-10-2-5-12(6-3-10)21(18,19)17-11-4-7-13-14(8-11)20-9-16-13/h2-9,15,17H,1H3. The van der Waals surface area contributed by atoms with Gasteiger partial charge in [-0.2, -0.15) is 0 Å². The van der Waals surface area contributed by atoms with Crippen molar-refractivity contribution in [1.29, 1.82) is 0 Å². The highest BCUT2D eigenvalue weighted by molar-refractivity contribution is 7.92. The average molecular weight is 319 g/mol. The first-order valence-corrected chi connectivity index (χ1v) is 8.59. The van der Waals surface area contributed by atoms with Gasteiger partial charge in [0.15, 0.2) is 0 Å². The monoisotopic (exact) mass is 319 g/mol. The lowest BCUT2D eigenvalue weighted by Crippen LogP contribution is -2.12. The Hall–Kier alpha value is -2.12. The van der Waals surface area contributed by atoms with Crippen LogP contribution in [0.4, 0.5) is 11.4 Å². The normalized spacial score (nSPS) is 11.5. The van der Waals surface area contributed by atoms with Crippen LogP contribution < -0.4 is 10.0 Å². The Bertz CT molecular complexity index is 871. The second kappa shape index (κ2) is 5.34. The highest BCUT2D eigenvalue weighted by Gasteiger charge is 2.14. The number of nitrogens with one attached hydrogen (secondary N) is 2. The first-order chi connectivity index (χ1) is 10.1. The van der Waals surface area contributed by atoms with Crippen LogP contribution in [0.25, 0.3) is 10.2 Å². The van der Waals surface area contributed by atoms with Gasteiger partial charge in [0.05, 0.1) is 26.3 Å². The summed E-state index contributed by atoms with van der Waals surface area (Å²) in [6.45, 7) is 0. The molecule has 2 N–H and O–H groups in total. The molecule has 0 saturated carbocycles. The van der Waals surface area contributed by atoms with Gasteiger partial charge in [0.2, 0.25) is 0 Å². The molecule has 0 amide bonds. The molecule has 0 atom stereocenters. The van der Waals surface area contributed by atoms with Crippen LogP contribution in [0.3, 0.4) is 0 Å². The Labute approximate surface area is 126 Å². The third-order valence-corrected chi connectivity index (χ3v) is 5.23. The van der Waals surface area contributed by atoms with Crippen LogP contribution in [0, 0.1) is 0 Å². The molecule has 108 valence electrons. The molecule has 1 heterocycles. The molecular weight excluding hydrogens is 306 g/mol. The maximum Gasteiger partial charge on any atom is 0.261 e. The summed E-state index contributed by atoms with van der Waals surface area (Å²) in [5.41, 5.74) is 3.99. The molecule has 0 aliphatic heterocycles. The summed E-state index contributed by atoms with van der Waals surface area (Å²) < 4.78 is 28.2. The number of hydrogen-bond donors (Lipinski definition) is 2. The van der Waals surface area contributed by atoms with Crippen molar-refractivity contribution >= 4 is 43.0 Å². The summed E-state index contributed by atoms with van der Waals surface area (Å²) in [7, 11) is -1.80. The molecule has 0 aliphatic carbocycles. The minimum absolute atomic E-state index is 0.228. The summed E-state index contributed by atoms with van der Waals surface area (Å²) in [5.74, 6) is 0. The summed E-state index contributed by atoms with van der Waals surface area (Å²) in [4.78, 5) is 4.40. The van der Waals surface area contributed by atoms with Crippen LogP contribution in [0.15, 0.2) is 52.9 Å². The Kier molecular flexibility index (Phi) is 3.52. The first kappa shape index (κ1) is 13.8. The van der Waals surface area contributed by atoms with E-state index in [1.165, 1.54) is 11.3 Å². The Morgan fingerprint density at radius 2 is 1.76 bits per heavy atom. The first-order valence-electron chi connectivity index (χ1n) is 6.22. The van der Waals surface area contributed by atoms with Gasteiger partial charge in [0.1, 0.15) is 0 Å². The molecule has 2 aromatic carbocycles. The van der Waals surface area contributed by atoms with E-state index >= 15 is 0 Å². The van der Waals surface area contributed by atoms with E-state index in [0.717, 1.165) is 15.9 Å². The van der Waals surface area contributed by atoms with Gasteiger partial charge < -0.3 is 5.32 Å². The number of nitrogens with zero attached hydrogens (tertiary/aromatic N) is 1. The lowest BCUT2D eigenvalue weighted by molar-refractivity contribution is 0.601.